The number of nitrogens with zero attached hydrogens (tertiary/aromatic N) is 1. The Balaban J connectivity index is 2.77. The molecule has 0 atom stereocenters. The number of hydrogen-bond acceptors (Lipinski definition) is 1. The van der Waals surface area contributed by atoms with Gasteiger partial charge in [0.25, 0.3) is 0 Å². The third kappa shape index (κ3) is 1.48. The maximum atomic E-state index is 10.9. The fourth-order valence-electron chi connectivity index (χ4n) is 1.86. The molecule has 0 fully saturated rings. The molecule has 2 heteroatoms. The lowest BCUT2D eigenvalue weighted by molar-refractivity contribution is -0.103. The highest BCUT2D eigenvalue weighted by molar-refractivity contribution is 6.12. The van der Waals surface area contributed by atoms with Gasteiger partial charge in [-0.05, 0) is 13.0 Å². The molecule has 2 nitrogen and oxygen atoms in total. The number of aldehydes is 1. The average molecular weight is 199 g/mol. The lowest BCUT2D eigenvalue weighted by atomic mass is 10.1. The molecule has 76 valence electrons. The van der Waals surface area contributed by atoms with Crippen LogP contribution in [-0.4, -0.2) is 10.9 Å². The molecule has 0 aliphatic heterocycles. The van der Waals surface area contributed by atoms with Crippen LogP contribution in [0.15, 0.2) is 36.5 Å². The Bertz CT molecular complexity index is 534. The zero-order chi connectivity index (χ0) is 10.8. The van der Waals surface area contributed by atoms with Gasteiger partial charge in [-0.2, -0.15) is 0 Å². The molecule has 2 rings (SSSR count). The fraction of sp³-hybridized carbons (Fsp3) is 0.154. The molecule has 1 aromatic heterocycles. The molecule has 0 aliphatic carbocycles. The minimum Gasteiger partial charge on any atom is -0.350 e. The van der Waals surface area contributed by atoms with Gasteiger partial charge in [0.1, 0.15) is 6.29 Å². The van der Waals surface area contributed by atoms with E-state index in [9.17, 15) is 4.79 Å². The van der Waals surface area contributed by atoms with Crippen molar-refractivity contribution in [3.8, 4) is 0 Å². The summed E-state index contributed by atoms with van der Waals surface area (Å²) in [6.07, 6.45) is 4.74. The van der Waals surface area contributed by atoms with E-state index in [1.165, 1.54) is 0 Å². The van der Waals surface area contributed by atoms with Gasteiger partial charge in [-0.15, -0.1) is 0 Å². The molecule has 0 saturated carbocycles. The highest BCUT2D eigenvalue weighted by Gasteiger charge is 2.08. The van der Waals surface area contributed by atoms with Crippen LogP contribution >= 0.6 is 0 Å². The van der Waals surface area contributed by atoms with Crippen molar-refractivity contribution < 1.29 is 4.79 Å². The smallest absolute Gasteiger partial charge is 0.150 e. The Hall–Kier alpha value is -1.83. The van der Waals surface area contributed by atoms with Crippen molar-refractivity contribution in [2.75, 3.05) is 0 Å². The largest absolute Gasteiger partial charge is 0.350 e. The first kappa shape index (κ1) is 9.71. The Morgan fingerprint density at radius 2 is 2.07 bits per heavy atom. The SMILES string of the molecule is CC=C(C=O)c1cn(C)c2ccccc12. The van der Waals surface area contributed by atoms with E-state index in [1.54, 1.807) is 0 Å². The lowest BCUT2D eigenvalue weighted by Gasteiger charge is -1.95. The summed E-state index contributed by atoms with van der Waals surface area (Å²) in [5.74, 6) is 0. The number of aryl methyl sites for hydroxylation is 1. The van der Waals surface area contributed by atoms with Crippen LogP contribution in [-0.2, 0) is 11.8 Å². The number of carbonyl (C=O) groups excluding carboxylic acids is 1. The van der Waals surface area contributed by atoms with E-state index >= 15 is 0 Å². The Morgan fingerprint density at radius 3 is 2.73 bits per heavy atom. The highest BCUT2D eigenvalue weighted by Crippen LogP contribution is 2.25. The van der Waals surface area contributed by atoms with Gasteiger partial charge in [-0.1, -0.05) is 24.3 Å². The minimum atomic E-state index is 0.742. The van der Waals surface area contributed by atoms with Gasteiger partial charge in [0.15, 0.2) is 0 Å². The summed E-state index contributed by atoms with van der Waals surface area (Å²) in [5.41, 5.74) is 2.89. The number of allylic oxidation sites excluding steroid dienone is 2. The number of benzene rings is 1. The average Bonchev–Trinajstić information content (AvgIpc) is 2.60. The molecule has 0 unspecified atom stereocenters. The van der Waals surface area contributed by atoms with E-state index in [0.29, 0.717) is 0 Å². The van der Waals surface area contributed by atoms with Crippen LogP contribution in [0, 0.1) is 0 Å². The highest BCUT2D eigenvalue weighted by atomic mass is 16.1. The second-order valence-electron chi connectivity index (χ2n) is 3.53. The molecule has 0 bridgehead atoms. The van der Waals surface area contributed by atoms with E-state index < -0.39 is 0 Å². The van der Waals surface area contributed by atoms with E-state index in [-0.39, 0.29) is 0 Å². The lowest BCUT2D eigenvalue weighted by Crippen LogP contribution is -1.83. The fourth-order valence-corrected chi connectivity index (χ4v) is 1.86. The molecular weight excluding hydrogens is 186 g/mol. The van der Waals surface area contributed by atoms with Gasteiger partial charge in [-0.25, -0.2) is 0 Å². The summed E-state index contributed by atoms with van der Waals surface area (Å²) >= 11 is 0. The summed E-state index contributed by atoms with van der Waals surface area (Å²) in [7, 11) is 1.99. The third-order valence-electron chi connectivity index (χ3n) is 2.65. The molecule has 2 aromatic rings. The second-order valence-corrected chi connectivity index (χ2v) is 3.53. The van der Waals surface area contributed by atoms with Gasteiger partial charge in [0.2, 0.25) is 0 Å². The predicted octanol–water partition coefficient (Wildman–Crippen LogP) is 2.78. The number of fused-ring (bicyclic) bond motifs is 1. The van der Waals surface area contributed by atoms with Gasteiger partial charge >= 0.3 is 0 Å². The third-order valence-corrected chi connectivity index (χ3v) is 2.65. The monoisotopic (exact) mass is 199 g/mol. The van der Waals surface area contributed by atoms with Crippen molar-refractivity contribution in [2.24, 2.45) is 7.05 Å². The van der Waals surface area contributed by atoms with Crippen LogP contribution in [0.25, 0.3) is 16.5 Å². The number of rotatable bonds is 2. The number of para-hydroxylation sites is 1. The normalized spacial score (nSPS) is 12.0. The molecule has 0 aliphatic rings. The van der Waals surface area contributed by atoms with Gasteiger partial charge in [-0.3, -0.25) is 4.79 Å². The molecule has 1 heterocycles. The summed E-state index contributed by atoms with van der Waals surface area (Å²) in [6, 6.07) is 8.08. The second kappa shape index (κ2) is 3.73. The first-order valence-electron chi connectivity index (χ1n) is 4.94. The first-order valence-corrected chi connectivity index (χ1v) is 4.94. The van der Waals surface area contributed by atoms with E-state index in [1.807, 2.05) is 49.0 Å². The molecule has 15 heavy (non-hydrogen) atoms. The molecule has 0 radical (unpaired) electrons. The number of hydrogen-bond donors (Lipinski definition) is 0. The molecule has 0 spiro atoms. The van der Waals surface area contributed by atoms with Crippen LogP contribution in [0.2, 0.25) is 0 Å². The van der Waals surface area contributed by atoms with Crippen molar-refractivity contribution in [1.29, 1.82) is 0 Å². The Kier molecular flexibility index (Phi) is 2.42. The zero-order valence-electron chi connectivity index (χ0n) is 8.90. The van der Waals surface area contributed by atoms with Crippen molar-refractivity contribution in [3.05, 3.63) is 42.1 Å². The zero-order valence-corrected chi connectivity index (χ0v) is 8.90. The van der Waals surface area contributed by atoms with E-state index in [4.69, 9.17) is 0 Å². The van der Waals surface area contributed by atoms with Crippen LogP contribution in [0.5, 0.6) is 0 Å². The molecule has 0 saturated heterocycles. The van der Waals surface area contributed by atoms with Crippen molar-refractivity contribution in [3.63, 3.8) is 0 Å². The van der Waals surface area contributed by atoms with Crippen LogP contribution in [0.1, 0.15) is 12.5 Å². The molecular formula is C13H13NO. The number of aromatic nitrogens is 1. The Morgan fingerprint density at radius 1 is 1.33 bits per heavy atom. The predicted molar refractivity (Wildman–Crippen MR) is 62.6 cm³/mol. The standard InChI is InChI=1S/C13H13NO/c1-3-10(9-15)12-8-14(2)13-7-5-4-6-11(12)13/h3-9H,1-2H3. The molecule has 0 amide bonds. The molecule has 1 aromatic carbocycles. The number of carbonyl (C=O) groups is 1. The van der Waals surface area contributed by atoms with Gasteiger partial charge in [0, 0.05) is 35.3 Å². The summed E-state index contributed by atoms with van der Waals surface area (Å²) in [6.45, 7) is 1.88. The van der Waals surface area contributed by atoms with Crippen LogP contribution in [0.4, 0.5) is 0 Å². The Labute approximate surface area is 88.8 Å². The van der Waals surface area contributed by atoms with Crippen molar-refractivity contribution in [2.45, 2.75) is 6.92 Å². The maximum Gasteiger partial charge on any atom is 0.150 e. The van der Waals surface area contributed by atoms with E-state index in [2.05, 4.69) is 6.07 Å². The van der Waals surface area contributed by atoms with Gasteiger partial charge < -0.3 is 4.57 Å². The van der Waals surface area contributed by atoms with Crippen molar-refractivity contribution in [1.82, 2.24) is 4.57 Å². The van der Waals surface area contributed by atoms with Crippen molar-refractivity contribution >= 4 is 22.8 Å². The minimum absolute atomic E-state index is 0.742. The van der Waals surface area contributed by atoms with Gasteiger partial charge in [0.05, 0.1) is 0 Å². The van der Waals surface area contributed by atoms with E-state index in [0.717, 1.165) is 28.3 Å². The summed E-state index contributed by atoms with van der Waals surface area (Å²) in [4.78, 5) is 10.9. The summed E-state index contributed by atoms with van der Waals surface area (Å²) < 4.78 is 2.04. The molecule has 0 N–H and O–H groups in total. The van der Waals surface area contributed by atoms with Crippen LogP contribution in [0.3, 0.4) is 0 Å². The maximum absolute atomic E-state index is 10.9. The summed E-state index contributed by atoms with van der Waals surface area (Å²) in [5, 5.41) is 1.13. The quantitative estimate of drug-likeness (QED) is 0.538. The van der Waals surface area contributed by atoms with Crippen LogP contribution < -0.4 is 0 Å². The first-order chi connectivity index (χ1) is 7.27. The topological polar surface area (TPSA) is 22.0 Å².